The highest BCUT2D eigenvalue weighted by Crippen LogP contribution is 2.33. The van der Waals surface area contributed by atoms with Crippen molar-refractivity contribution in [3.8, 4) is 5.75 Å². The van der Waals surface area contributed by atoms with Gasteiger partial charge in [-0.1, -0.05) is 30.0 Å². The Morgan fingerprint density at radius 3 is 2.38 bits per heavy atom. The Labute approximate surface area is 152 Å². The first-order valence-corrected chi connectivity index (χ1v) is 8.23. The van der Waals surface area contributed by atoms with Gasteiger partial charge in [-0.25, -0.2) is 9.59 Å². The average molecular weight is 381 g/mol. The molecule has 1 heterocycles. The van der Waals surface area contributed by atoms with Crippen molar-refractivity contribution in [3.05, 3.63) is 30.3 Å². The topological polar surface area (TPSA) is 116 Å². The fourth-order valence-corrected chi connectivity index (χ4v) is 3.01. The molecule has 1 aromatic rings. The zero-order valence-corrected chi connectivity index (χ0v) is 14.7. The van der Waals surface area contributed by atoms with Crippen LogP contribution in [0.2, 0.25) is 0 Å². The minimum Gasteiger partial charge on any atom is -0.482 e. The van der Waals surface area contributed by atoms with Crippen LogP contribution in [-0.4, -0.2) is 59.0 Å². The highest BCUT2D eigenvalue weighted by atomic mass is 32.2. The molecule has 1 fully saturated rings. The van der Waals surface area contributed by atoms with Crippen molar-refractivity contribution in [2.75, 3.05) is 13.7 Å². The Morgan fingerprint density at radius 1 is 1.15 bits per heavy atom. The molecule has 0 spiro atoms. The number of amides is 2. The Kier molecular flexibility index (Phi) is 6.34. The van der Waals surface area contributed by atoms with Crippen molar-refractivity contribution >= 4 is 40.6 Å². The quantitative estimate of drug-likeness (QED) is 0.398. The van der Waals surface area contributed by atoms with Gasteiger partial charge in [-0.2, -0.15) is 0 Å². The van der Waals surface area contributed by atoms with Crippen LogP contribution < -0.4 is 4.74 Å². The van der Waals surface area contributed by atoms with Crippen LogP contribution in [0, 0.1) is 0 Å². The minimum atomic E-state index is -1.37. The van der Waals surface area contributed by atoms with Crippen molar-refractivity contribution < 1.29 is 38.2 Å². The molecule has 10 heteroatoms. The number of β-lactam (4-membered cyclic amide) rings is 1. The van der Waals surface area contributed by atoms with E-state index in [0.29, 0.717) is 22.4 Å². The summed E-state index contributed by atoms with van der Waals surface area (Å²) in [5.41, 5.74) is 0. The summed E-state index contributed by atoms with van der Waals surface area (Å²) in [7, 11) is 0.982. The van der Waals surface area contributed by atoms with Gasteiger partial charge < -0.3 is 14.2 Å². The molecule has 0 unspecified atom stereocenters. The fraction of sp³-hybridized carbons (Fsp3) is 0.312. The Hall–Kier alpha value is -2.88. The lowest BCUT2D eigenvalue weighted by Crippen LogP contribution is -2.68. The van der Waals surface area contributed by atoms with E-state index >= 15 is 0 Å². The Bertz CT molecular complexity index is 735. The standard InChI is InChI=1S/C16H15NO8S/c1-9(18)26-15-12(13(20)17(15)14(21)16(22)23-2)25-11(19)8-24-10-6-4-3-5-7-10/h3-7,12,15H,8H2,1-2H3/t12-,15+/m0/s1. The normalized spacial score (nSPS) is 18.5. The number of esters is 2. The molecular weight excluding hydrogens is 366 g/mol. The van der Waals surface area contributed by atoms with Gasteiger partial charge in [-0.15, -0.1) is 0 Å². The Balaban J connectivity index is 1.99. The third kappa shape index (κ3) is 4.39. The zero-order valence-electron chi connectivity index (χ0n) is 13.9. The highest BCUT2D eigenvalue weighted by Gasteiger charge is 2.56. The maximum absolute atomic E-state index is 12.1. The van der Waals surface area contributed by atoms with Gasteiger partial charge in [0, 0.05) is 6.92 Å². The number of hydrogen-bond donors (Lipinski definition) is 0. The molecule has 2 amide bonds. The number of imide groups is 1. The molecule has 1 saturated heterocycles. The number of likely N-dealkylation sites (tertiary alicyclic amines) is 1. The van der Waals surface area contributed by atoms with Gasteiger partial charge in [0.25, 0.3) is 5.91 Å². The first-order valence-electron chi connectivity index (χ1n) is 7.35. The van der Waals surface area contributed by atoms with E-state index < -0.39 is 47.0 Å². The summed E-state index contributed by atoms with van der Waals surface area (Å²) in [5, 5.41) is -1.56. The molecule has 26 heavy (non-hydrogen) atoms. The van der Waals surface area contributed by atoms with Crippen LogP contribution >= 0.6 is 11.8 Å². The van der Waals surface area contributed by atoms with Crippen LogP contribution in [0.5, 0.6) is 5.75 Å². The summed E-state index contributed by atoms with van der Waals surface area (Å²) in [6, 6.07) is 8.46. The second-order valence-corrected chi connectivity index (χ2v) is 6.31. The molecule has 0 aromatic heterocycles. The molecule has 138 valence electrons. The van der Waals surface area contributed by atoms with Gasteiger partial charge in [0.05, 0.1) is 7.11 Å². The summed E-state index contributed by atoms with van der Waals surface area (Å²) < 4.78 is 14.5. The van der Waals surface area contributed by atoms with E-state index in [1.165, 1.54) is 6.92 Å². The lowest BCUT2D eigenvalue weighted by molar-refractivity contribution is -0.184. The number of rotatable bonds is 5. The first-order chi connectivity index (χ1) is 12.3. The van der Waals surface area contributed by atoms with Crippen molar-refractivity contribution in [2.24, 2.45) is 0 Å². The molecule has 2 rings (SSSR count). The lowest BCUT2D eigenvalue weighted by Gasteiger charge is -2.42. The molecule has 0 radical (unpaired) electrons. The smallest absolute Gasteiger partial charge is 0.397 e. The molecule has 0 N–H and O–H groups in total. The van der Waals surface area contributed by atoms with Crippen LogP contribution in [0.4, 0.5) is 0 Å². The average Bonchev–Trinajstić information content (AvgIpc) is 2.63. The van der Waals surface area contributed by atoms with Crippen LogP contribution in [0.1, 0.15) is 6.92 Å². The molecular formula is C16H15NO8S. The van der Waals surface area contributed by atoms with Crippen LogP contribution in [0.3, 0.4) is 0 Å². The summed E-state index contributed by atoms with van der Waals surface area (Å²) >= 11 is 0.593. The molecule has 1 aliphatic heterocycles. The van der Waals surface area contributed by atoms with Gasteiger partial charge in [0.1, 0.15) is 11.1 Å². The van der Waals surface area contributed by atoms with Gasteiger partial charge in [0.2, 0.25) is 6.10 Å². The molecule has 2 atom stereocenters. The number of thioether (sulfide) groups is 1. The highest BCUT2D eigenvalue weighted by molar-refractivity contribution is 8.14. The zero-order chi connectivity index (χ0) is 19.3. The van der Waals surface area contributed by atoms with Gasteiger partial charge in [-0.3, -0.25) is 19.3 Å². The van der Waals surface area contributed by atoms with Gasteiger partial charge in [-0.05, 0) is 12.1 Å². The SMILES string of the molecule is COC(=O)C(=O)N1C(=O)[C@H](OC(=O)COc2ccccc2)[C@H]1SC(C)=O. The van der Waals surface area contributed by atoms with E-state index in [9.17, 15) is 24.0 Å². The maximum atomic E-state index is 12.1. The van der Waals surface area contributed by atoms with Crippen molar-refractivity contribution in [2.45, 2.75) is 18.4 Å². The number of methoxy groups -OCH3 is 1. The number of ether oxygens (including phenoxy) is 3. The Morgan fingerprint density at radius 2 is 1.81 bits per heavy atom. The van der Waals surface area contributed by atoms with E-state index in [1.807, 2.05) is 0 Å². The van der Waals surface area contributed by atoms with Crippen LogP contribution in [-0.2, 0) is 33.4 Å². The van der Waals surface area contributed by atoms with E-state index in [-0.39, 0.29) is 0 Å². The van der Waals surface area contributed by atoms with Gasteiger partial charge >= 0.3 is 17.8 Å². The van der Waals surface area contributed by atoms with Crippen molar-refractivity contribution in [1.82, 2.24) is 4.90 Å². The monoisotopic (exact) mass is 381 g/mol. The molecule has 0 bridgehead atoms. The second-order valence-electron chi connectivity index (χ2n) is 5.02. The third-order valence-electron chi connectivity index (χ3n) is 3.22. The number of benzene rings is 1. The lowest BCUT2D eigenvalue weighted by atomic mass is 10.1. The number of nitrogens with zero attached hydrogens (tertiary/aromatic N) is 1. The minimum absolute atomic E-state index is 0.424. The predicted octanol–water partition coefficient (Wildman–Crippen LogP) is 0.125. The van der Waals surface area contributed by atoms with Crippen molar-refractivity contribution in [1.29, 1.82) is 0 Å². The molecule has 0 saturated carbocycles. The second kappa shape index (κ2) is 8.48. The largest absolute Gasteiger partial charge is 0.482 e. The number of hydrogen-bond acceptors (Lipinski definition) is 9. The number of carbonyl (C=O) groups excluding carboxylic acids is 5. The maximum Gasteiger partial charge on any atom is 0.397 e. The molecule has 1 aromatic carbocycles. The summed E-state index contributed by atoms with van der Waals surface area (Å²) in [4.78, 5) is 59.0. The summed E-state index contributed by atoms with van der Waals surface area (Å²) in [6.45, 7) is 0.752. The van der Waals surface area contributed by atoms with E-state index in [2.05, 4.69) is 4.74 Å². The van der Waals surface area contributed by atoms with Crippen molar-refractivity contribution in [3.63, 3.8) is 0 Å². The molecule has 0 aliphatic carbocycles. The van der Waals surface area contributed by atoms with Gasteiger partial charge in [0.15, 0.2) is 11.7 Å². The molecule has 1 aliphatic rings. The molecule has 9 nitrogen and oxygen atoms in total. The predicted molar refractivity (Wildman–Crippen MR) is 87.7 cm³/mol. The van der Waals surface area contributed by atoms with Crippen LogP contribution in [0.15, 0.2) is 30.3 Å². The summed E-state index contributed by atoms with van der Waals surface area (Å²) in [6.07, 6.45) is -1.37. The van der Waals surface area contributed by atoms with E-state index in [4.69, 9.17) is 9.47 Å². The first kappa shape index (κ1) is 19.4. The van der Waals surface area contributed by atoms with Crippen LogP contribution in [0.25, 0.3) is 0 Å². The fourth-order valence-electron chi connectivity index (χ4n) is 2.07. The third-order valence-corrected chi connectivity index (χ3v) is 4.25. The summed E-state index contributed by atoms with van der Waals surface area (Å²) in [5.74, 6) is -3.82. The van der Waals surface area contributed by atoms with E-state index in [1.54, 1.807) is 30.3 Å². The number of carbonyl (C=O) groups is 5. The van der Waals surface area contributed by atoms with E-state index in [0.717, 1.165) is 7.11 Å². The number of para-hydroxylation sites is 1.